The molecule has 0 aromatic heterocycles. The van der Waals surface area contributed by atoms with Crippen molar-refractivity contribution in [3.63, 3.8) is 0 Å². The van der Waals surface area contributed by atoms with Gasteiger partial charge in [-0.3, -0.25) is 0 Å². The standard InChI is InChI=1S/C16H16INO2S/c1-11-10-12(17)6-7-14(11)18-15-8-9-21(19,20)16-5-3-2-4-13(15)16/h2-7,10,15,18H,8-9H2,1H3. The molecule has 0 fully saturated rings. The molecule has 0 saturated carbocycles. The molecule has 1 heterocycles. The highest BCUT2D eigenvalue weighted by atomic mass is 127. The van der Waals surface area contributed by atoms with Gasteiger partial charge in [0, 0.05) is 9.26 Å². The first-order valence-electron chi connectivity index (χ1n) is 6.82. The molecule has 1 unspecified atom stereocenters. The third kappa shape index (κ3) is 2.94. The molecule has 0 amide bonds. The van der Waals surface area contributed by atoms with Crippen LogP contribution in [0.2, 0.25) is 0 Å². The maximum absolute atomic E-state index is 12.2. The summed E-state index contributed by atoms with van der Waals surface area (Å²) in [6.07, 6.45) is 0.602. The van der Waals surface area contributed by atoms with Crippen LogP contribution in [0.15, 0.2) is 47.4 Å². The smallest absolute Gasteiger partial charge is 0.178 e. The highest BCUT2D eigenvalue weighted by molar-refractivity contribution is 14.1. The molecule has 5 heteroatoms. The van der Waals surface area contributed by atoms with Gasteiger partial charge in [0.25, 0.3) is 0 Å². The zero-order valence-electron chi connectivity index (χ0n) is 11.6. The monoisotopic (exact) mass is 413 g/mol. The molecule has 21 heavy (non-hydrogen) atoms. The molecule has 1 atom stereocenters. The Balaban J connectivity index is 1.97. The quantitative estimate of drug-likeness (QED) is 0.760. The molecule has 110 valence electrons. The summed E-state index contributed by atoms with van der Waals surface area (Å²) in [5.74, 6) is 0.199. The maximum atomic E-state index is 12.2. The van der Waals surface area contributed by atoms with Crippen molar-refractivity contribution in [1.29, 1.82) is 0 Å². The van der Waals surface area contributed by atoms with E-state index in [0.717, 1.165) is 11.3 Å². The van der Waals surface area contributed by atoms with Crippen LogP contribution in [-0.4, -0.2) is 14.2 Å². The predicted octanol–water partition coefficient (Wildman–Crippen LogP) is 3.93. The second-order valence-electron chi connectivity index (χ2n) is 5.30. The number of halogens is 1. The number of anilines is 1. The van der Waals surface area contributed by atoms with Gasteiger partial charge in [0.2, 0.25) is 0 Å². The lowest BCUT2D eigenvalue weighted by Crippen LogP contribution is -2.24. The van der Waals surface area contributed by atoms with Gasteiger partial charge in [-0.2, -0.15) is 0 Å². The van der Waals surface area contributed by atoms with E-state index in [9.17, 15) is 8.42 Å². The largest absolute Gasteiger partial charge is 0.378 e. The molecule has 2 aromatic carbocycles. The molecule has 0 saturated heterocycles. The van der Waals surface area contributed by atoms with E-state index in [4.69, 9.17) is 0 Å². The van der Waals surface area contributed by atoms with Crippen molar-refractivity contribution >= 4 is 38.1 Å². The number of fused-ring (bicyclic) bond motifs is 1. The number of nitrogens with one attached hydrogen (secondary N) is 1. The normalized spacial score (nSPS) is 19.8. The first kappa shape index (κ1) is 14.8. The minimum Gasteiger partial charge on any atom is -0.378 e. The molecule has 2 aromatic rings. The Morgan fingerprint density at radius 3 is 2.71 bits per heavy atom. The Morgan fingerprint density at radius 1 is 1.19 bits per heavy atom. The second kappa shape index (κ2) is 5.61. The molecule has 1 aliphatic rings. The fraction of sp³-hybridized carbons (Fsp3) is 0.250. The fourth-order valence-corrected chi connectivity index (χ4v) is 4.98. The first-order chi connectivity index (χ1) is 9.97. The van der Waals surface area contributed by atoms with Crippen molar-refractivity contribution in [3.8, 4) is 0 Å². The minimum atomic E-state index is -3.13. The van der Waals surface area contributed by atoms with Crippen LogP contribution < -0.4 is 5.32 Å². The van der Waals surface area contributed by atoms with Gasteiger partial charge in [-0.25, -0.2) is 8.42 Å². The van der Waals surface area contributed by atoms with E-state index in [1.54, 1.807) is 12.1 Å². The number of benzene rings is 2. The Bertz CT molecular complexity index is 787. The predicted molar refractivity (Wildman–Crippen MR) is 93.4 cm³/mol. The number of aryl methyl sites for hydroxylation is 1. The highest BCUT2D eigenvalue weighted by Gasteiger charge is 2.29. The van der Waals surface area contributed by atoms with Gasteiger partial charge in [0.1, 0.15) is 0 Å². The topological polar surface area (TPSA) is 46.2 Å². The average molecular weight is 413 g/mol. The minimum absolute atomic E-state index is 0.0449. The third-order valence-corrected chi connectivity index (χ3v) is 6.31. The molecule has 1 aliphatic heterocycles. The van der Waals surface area contributed by atoms with Crippen molar-refractivity contribution in [3.05, 3.63) is 57.2 Å². The first-order valence-corrected chi connectivity index (χ1v) is 9.55. The maximum Gasteiger partial charge on any atom is 0.178 e. The van der Waals surface area contributed by atoms with Gasteiger partial charge in [-0.1, -0.05) is 18.2 Å². The Labute approximate surface area is 138 Å². The third-order valence-electron chi connectivity index (χ3n) is 3.82. The van der Waals surface area contributed by atoms with Crippen LogP contribution in [0.25, 0.3) is 0 Å². The van der Waals surface area contributed by atoms with Crippen LogP contribution in [0, 0.1) is 10.5 Å². The summed E-state index contributed by atoms with van der Waals surface area (Å²) in [4.78, 5) is 0.469. The van der Waals surface area contributed by atoms with E-state index in [1.807, 2.05) is 12.1 Å². The molecule has 1 N–H and O–H groups in total. The van der Waals surface area contributed by atoms with Crippen LogP contribution in [0.4, 0.5) is 5.69 Å². The summed E-state index contributed by atoms with van der Waals surface area (Å²) in [5, 5.41) is 3.50. The number of hydrogen-bond acceptors (Lipinski definition) is 3. The summed E-state index contributed by atoms with van der Waals surface area (Å²) >= 11 is 2.29. The molecule has 0 radical (unpaired) electrons. The van der Waals surface area contributed by atoms with Crippen LogP contribution >= 0.6 is 22.6 Å². The van der Waals surface area contributed by atoms with Crippen LogP contribution in [0.5, 0.6) is 0 Å². The SMILES string of the molecule is Cc1cc(I)ccc1NC1CCS(=O)(=O)c2ccccc21. The fourth-order valence-electron chi connectivity index (χ4n) is 2.72. The van der Waals surface area contributed by atoms with Crippen LogP contribution in [0.3, 0.4) is 0 Å². The molecule has 3 rings (SSSR count). The molecule has 0 bridgehead atoms. The molecule has 0 spiro atoms. The summed E-state index contributed by atoms with van der Waals surface area (Å²) < 4.78 is 25.5. The lowest BCUT2D eigenvalue weighted by molar-refractivity contribution is 0.576. The Hall–Kier alpha value is -1.08. The van der Waals surface area contributed by atoms with Crippen molar-refractivity contribution in [2.24, 2.45) is 0 Å². The van der Waals surface area contributed by atoms with E-state index >= 15 is 0 Å². The van der Waals surface area contributed by atoms with E-state index in [2.05, 4.69) is 53.0 Å². The van der Waals surface area contributed by atoms with E-state index in [-0.39, 0.29) is 11.8 Å². The average Bonchev–Trinajstić information content (AvgIpc) is 2.45. The Kier molecular flexibility index (Phi) is 3.96. The van der Waals surface area contributed by atoms with Crippen molar-refractivity contribution in [1.82, 2.24) is 0 Å². The lowest BCUT2D eigenvalue weighted by Gasteiger charge is -2.27. The van der Waals surface area contributed by atoms with Gasteiger partial charge < -0.3 is 5.32 Å². The van der Waals surface area contributed by atoms with E-state index in [1.165, 1.54) is 9.13 Å². The molecular formula is C16H16INO2S. The van der Waals surface area contributed by atoms with Gasteiger partial charge in [-0.15, -0.1) is 0 Å². The summed E-state index contributed by atoms with van der Waals surface area (Å²) in [7, 11) is -3.13. The van der Waals surface area contributed by atoms with Crippen molar-refractivity contribution in [2.75, 3.05) is 11.1 Å². The number of hydrogen-bond donors (Lipinski definition) is 1. The van der Waals surface area contributed by atoms with Crippen LogP contribution in [-0.2, 0) is 9.84 Å². The van der Waals surface area contributed by atoms with E-state index in [0.29, 0.717) is 11.3 Å². The van der Waals surface area contributed by atoms with Gasteiger partial charge in [-0.05, 0) is 71.3 Å². The number of sulfone groups is 1. The zero-order chi connectivity index (χ0) is 15.0. The van der Waals surface area contributed by atoms with Gasteiger partial charge in [0.15, 0.2) is 9.84 Å². The zero-order valence-corrected chi connectivity index (χ0v) is 14.6. The van der Waals surface area contributed by atoms with Crippen molar-refractivity contribution in [2.45, 2.75) is 24.3 Å². The van der Waals surface area contributed by atoms with Crippen LogP contribution in [0.1, 0.15) is 23.6 Å². The van der Waals surface area contributed by atoms with Crippen molar-refractivity contribution < 1.29 is 8.42 Å². The lowest BCUT2D eigenvalue weighted by atomic mass is 10.0. The molecular weight excluding hydrogens is 397 g/mol. The molecule has 3 nitrogen and oxygen atoms in total. The van der Waals surface area contributed by atoms with Gasteiger partial charge in [0.05, 0.1) is 16.7 Å². The summed E-state index contributed by atoms with van der Waals surface area (Å²) in [5.41, 5.74) is 3.11. The second-order valence-corrected chi connectivity index (χ2v) is 8.62. The Morgan fingerprint density at radius 2 is 1.95 bits per heavy atom. The van der Waals surface area contributed by atoms with E-state index < -0.39 is 9.84 Å². The number of rotatable bonds is 2. The summed E-state index contributed by atoms with van der Waals surface area (Å²) in [6.45, 7) is 2.07. The van der Waals surface area contributed by atoms with Gasteiger partial charge >= 0.3 is 0 Å². The summed E-state index contributed by atoms with van der Waals surface area (Å²) in [6, 6.07) is 13.6. The molecule has 0 aliphatic carbocycles. The highest BCUT2D eigenvalue weighted by Crippen LogP contribution is 2.35.